The highest BCUT2D eigenvalue weighted by Crippen LogP contribution is 2.13. The second-order valence-electron chi connectivity index (χ2n) is 4.60. The van der Waals surface area contributed by atoms with Gasteiger partial charge >= 0.3 is 0 Å². The zero-order valence-electron chi connectivity index (χ0n) is 12.3. The van der Waals surface area contributed by atoms with Crippen LogP contribution >= 0.6 is 0 Å². The smallest absolute Gasteiger partial charge is 0.251 e. The number of ether oxygens (including phenoxy) is 1. The summed E-state index contributed by atoms with van der Waals surface area (Å²) in [6.07, 6.45) is -0.309. The predicted octanol–water partition coefficient (Wildman–Crippen LogP) is 1.61. The zero-order chi connectivity index (χ0) is 15.0. The summed E-state index contributed by atoms with van der Waals surface area (Å²) in [4.78, 5) is 16.8. The lowest BCUT2D eigenvalue weighted by molar-refractivity contribution is -0.178. The molecule has 20 heavy (non-hydrogen) atoms. The van der Waals surface area contributed by atoms with Crippen molar-refractivity contribution in [1.29, 1.82) is 0 Å². The highest BCUT2D eigenvalue weighted by molar-refractivity contribution is 5.78. The topological polar surface area (TPSA) is 59.0 Å². The molecule has 0 aliphatic rings. The van der Waals surface area contributed by atoms with Gasteiger partial charge in [-0.2, -0.15) is 0 Å². The molecular formula is C15H23NO4. The van der Waals surface area contributed by atoms with Crippen LogP contribution < -0.4 is 0 Å². The highest BCUT2D eigenvalue weighted by Gasteiger charge is 2.28. The molecule has 0 aliphatic heterocycles. The van der Waals surface area contributed by atoms with Crippen LogP contribution in [0.25, 0.3) is 0 Å². The van der Waals surface area contributed by atoms with E-state index in [2.05, 4.69) is 0 Å². The number of hydroxylamine groups is 2. The van der Waals surface area contributed by atoms with Crippen molar-refractivity contribution >= 4 is 5.91 Å². The van der Waals surface area contributed by atoms with E-state index in [4.69, 9.17) is 9.57 Å². The molecule has 1 amide bonds. The van der Waals surface area contributed by atoms with Crippen LogP contribution in [0, 0.1) is 5.92 Å². The van der Waals surface area contributed by atoms with Crippen molar-refractivity contribution in [3.05, 3.63) is 35.9 Å². The normalized spacial score (nSPS) is 13.8. The summed E-state index contributed by atoms with van der Waals surface area (Å²) in [5.41, 5.74) is 1.04. The van der Waals surface area contributed by atoms with E-state index in [-0.39, 0.29) is 12.5 Å². The van der Waals surface area contributed by atoms with Crippen LogP contribution in [0.15, 0.2) is 30.3 Å². The van der Waals surface area contributed by atoms with Crippen LogP contribution in [0.5, 0.6) is 0 Å². The van der Waals surface area contributed by atoms with Crippen molar-refractivity contribution in [2.24, 2.45) is 5.92 Å². The SMILES string of the molecule is CC[C@H](C(=O)N(C)OC)[C@H](O)COCc1ccccc1. The van der Waals surface area contributed by atoms with Crippen molar-refractivity contribution in [1.82, 2.24) is 5.06 Å². The van der Waals surface area contributed by atoms with Crippen molar-refractivity contribution in [2.45, 2.75) is 26.1 Å². The summed E-state index contributed by atoms with van der Waals surface area (Å²) < 4.78 is 5.47. The van der Waals surface area contributed by atoms with E-state index >= 15 is 0 Å². The van der Waals surface area contributed by atoms with Gasteiger partial charge < -0.3 is 9.84 Å². The Balaban J connectivity index is 2.43. The Kier molecular flexibility index (Phi) is 7.22. The lowest BCUT2D eigenvalue weighted by Crippen LogP contribution is -2.40. The highest BCUT2D eigenvalue weighted by atomic mass is 16.7. The van der Waals surface area contributed by atoms with E-state index < -0.39 is 12.0 Å². The Hall–Kier alpha value is -1.43. The average molecular weight is 281 g/mol. The van der Waals surface area contributed by atoms with Crippen molar-refractivity contribution < 1.29 is 19.5 Å². The zero-order valence-corrected chi connectivity index (χ0v) is 12.3. The Morgan fingerprint density at radius 3 is 2.55 bits per heavy atom. The van der Waals surface area contributed by atoms with Gasteiger partial charge in [-0.1, -0.05) is 37.3 Å². The molecule has 5 heteroatoms. The molecule has 1 rings (SSSR count). The summed E-state index contributed by atoms with van der Waals surface area (Å²) in [7, 11) is 2.95. The van der Waals surface area contributed by atoms with Crippen LogP contribution in [0.2, 0.25) is 0 Å². The van der Waals surface area contributed by atoms with Gasteiger partial charge in [0.25, 0.3) is 5.91 Å². The van der Waals surface area contributed by atoms with Gasteiger partial charge in [0, 0.05) is 7.05 Å². The molecule has 0 unspecified atom stereocenters. The number of carbonyl (C=O) groups excluding carboxylic acids is 1. The summed E-state index contributed by atoms with van der Waals surface area (Å²) in [5.74, 6) is -0.762. The second-order valence-corrected chi connectivity index (χ2v) is 4.60. The van der Waals surface area contributed by atoms with Crippen molar-refractivity contribution in [2.75, 3.05) is 20.8 Å². The molecule has 1 aromatic carbocycles. The number of aliphatic hydroxyl groups is 1. The summed E-state index contributed by atoms with van der Waals surface area (Å²) in [5, 5.41) is 11.2. The van der Waals surface area contributed by atoms with Crippen molar-refractivity contribution in [3.63, 3.8) is 0 Å². The largest absolute Gasteiger partial charge is 0.390 e. The maximum Gasteiger partial charge on any atom is 0.251 e. The fourth-order valence-electron chi connectivity index (χ4n) is 1.92. The minimum atomic E-state index is -0.839. The molecule has 112 valence electrons. The number of aliphatic hydroxyl groups excluding tert-OH is 1. The summed E-state index contributed by atoms with van der Waals surface area (Å²) in [6, 6.07) is 9.70. The van der Waals surface area contributed by atoms with Crippen LogP contribution in [0.3, 0.4) is 0 Å². The number of amides is 1. The molecule has 2 atom stereocenters. The van der Waals surface area contributed by atoms with Gasteiger partial charge in [0.05, 0.1) is 32.3 Å². The number of nitrogens with zero attached hydrogens (tertiary/aromatic N) is 1. The van der Waals surface area contributed by atoms with Gasteiger partial charge in [0.2, 0.25) is 0 Å². The molecular weight excluding hydrogens is 258 g/mol. The maximum absolute atomic E-state index is 12.0. The Bertz CT molecular complexity index is 396. The summed E-state index contributed by atoms with van der Waals surface area (Å²) in [6.45, 7) is 2.39. The first-order valence-corrected chi connectivity index (χ1v) is 6.71. The molecule has 5 nitrogen and oxygen atoms in total. The van der Waals surface area contributed by atoms with Gasteiger partial charge in [-0.15, -0.1) is 0 Å². The third-order valence-corrected chi connectivity index (χ3v) is 3.21. The number of rotatable bonds is 8. The molecule has 1 N–H and O–H groups in total. The minimum absolute atomic E-state index is 0.122. The van der Waals surface area contributed by atoms with Crippen LogP contribution in [0.1, 0.15) is 18.9 Å². The first kappa shape index (κ1) is 16.6. The molecule has 0 radical (unpaired) electrons. The average Bonchev–Trinajstić information content (AvgIpc) is 2.48. The van der Waals surface area contributed by atoms with E-state index in [1.807, 2.05) is 37.3 Å². The van der Waals surface area contributed by atoms with Crippen molar-refractivity contribution in [3.8, 4) is 0 Å². The predicted molar refractivity (Wildman–Crippen MR) is 75.7 cm³/mol. The van der Waals surface area contributed by atoms with Crippen LogP contribution in [0.4, 0.5) is 0 Å². The fraction of sp³-hybridized carbons (Fsp3) is 0.533. The standard InChI is InChI=1S/C15H23NO4/c1-4-13(15(18)16(2)19-3)14(17)11-20-10-12-8-6-5-7-9-12/h5-9,13-14,17H,4,10-11H2,1-3H3/t13-,14+/m0/s1. The van der Waals surface area contributed by atoms with E-state index in [1.54, 1.807) is 0 Å². The number of hydrogen-bond acceptors (Lipinski definition) is 4. The summed E-state index contributed by atoms with van der Waals surface area (Å²) >= 11 is 0. The number of hydrogen-bond donors (Lipinski definition) is 1. The molecule has 1 aromatic rings. The maximum atomic E-state index is 12.0. The van der Waals surface area contributed by atoms with Gasteiger partial charge in [-0.05, 0) is 12.0 Å². The lowest BCUT2D eigenvalue weighted by Gasteiger charge is -2.24. The van der Waals surface area contributed by atoms with Crippen LogP contribution in [-0.4, -0.2) is 42.9 Å². The molecule has 0 saturated heterocycles. The molecule has 0 saturated carbocycles. The first-order valence-electron chi connectivity index (χ1n) is 6.71. The second kappa shape index (κ2) is 8.68. The molecule has 0 aromatic heterocycles. The van der Waals surface area contributed by atoms with E-state index in [0.29, 0.717) is 13.0 Å². The Morgan fingerprint density at radius 1 is 1.35 bits per heavy atom. The fourth-order valence-corrected chi connectivity index (χ4v) is 1.92. The monoisotopic (exact) mass is 281 g/mol. The van der Waals surface area contributed by atoms with Gasteiger partial charge in [-0.3, -0.25) is 9.63 Å². The Labute approximate surface area is 120 Å². The minimum Gasteiger partial charge on any atom is -0.390 e. The molecule has 0 fully saturated rings. The molecule has 0 spiro atoms. The molecule has 0 aliphatic carbocycles. The quantitative estimate of drug-likeness (QED) is 0.735. The van der Waals surface area contributed by atoms with E-state index in [0.717, 1.165) is 10.6 Å². The third-order valence-electron chi connectivity index (χ3n) is 3.21. The lowest BCUT2D eigenvalue weighted by atomic mass is 9.99. The van der Waals surface area contributed by atoms with Crippen LogP contribution in [-0.2, 0) is 21.0 Å². The van der Waals surface area contributed by atoms with Gasteiger partial charge in [0.1, 0.15) is 0 Å². The number of carbonyl (C=O) groups is 1. The van der Waals surface area contributed by atoms with Gasteiger partial charge in [-0.25, -0.2) is 5.06 Å². The Morgan fingerprint density at radius 2 is 2.00 bits per heavy atom. The first-order chi connectivity index (χ1) is 9.60. The third kappa shape index (κ3) is 4.92. The van der Waals surface area contributed by atoms with E-state index in [9.17, 15) is 9.90 Å². The molecule has 0 heterocycles. The number of benzene rings is 1. The van der Waals surface area contributed by atoms with Gasteiger partial charge in [0.15, 0.2) is 0 Å². The van der Waals surface area contributed by atoms with E-state index in [1.165, 1.54) is 14.2 Å². The molecule has 0 bridgehead atoms.